The molecule has 21 heavy (non-hydrogen) atoms. The molecule has 0 aliphatic rings. The van der Waals surface area contributed by atoms with Gasteiger partial charge in [-0.1, -0.05) is 41.4 Å². The lowest BCUT2D eigenvalue weighted by molar-refractivity contribution is 0.182. The lowest BCUT2D eigenvalue weighted by Gasteiger charge is -2.21. The van der Waals surface area contributed by atoms with Gasteiger partial charge in [-0.2, -0.15) is 5.10 Å². The minimum Gasteiger partial charge on any atom is -0.383 e. The fourth-order valence-electron chi connectivity index (χ4n) is 2.35. The van der Waals surface area contributed by atoms with E-state index in [9.17, 15) is 0 Å². The summed E-state index contributed by atoms with van der Waals surface area (Å²) in [4.78, 5) is 0. The SMILES string of the molecule is CNC(c1cccc(C)c1Cl)c1c(Cl)cnn1CCOC. The highest BCUT2D eigenvalue weighted by Gasteiger charge is 2.23. The minimum atomic E-state index is -0.121. The van der Waals surface area contributed by atoms with Gasteiger partial charge >= 0.3 is 0 Å². The molecule has 0 saturated heterocycles. The van der Waals surface area contributed by atoms with Crippen LogP contribution in [0.25, 0.3) is 0 Å². The summed E-state index contributed by atoms with van der Waals surface area (Å²) in [5, 5.41) is 8.95. The third-order valence-corrected chi connectivity index (χ3v) is 4.24. The highest BCUT2D eigenvalue weighted by atomic mass is 35.5. The molecule has 0 saturated carbocycles. The van der Waals surface area contributed by atoms with Gasteiger partial charge in [0.05, 0.1) is 36.1 Å². The van der Waals surface area contributed by atoms with Crippen LogP contribution >= 0.6 is 23.2 Å². The second-order valence-electron chi connectivity index (χ2n) is 4.79. The van der Waals surface area contributed by atoms with E-state index in [0.717, 1.165) is 21.8 Å². The summed E-state index contributed by atoms with van der Waals surface area (Å²) < 4.78 is 6.97. The number of hydrogen-bond donors (Lipinski definition) is 1. The molecule has 0 bridgehead atoms. The number of hydrogen-bond acceptors (Lipinski definition) is 3. The van der Waals surface area contributed by atoms with E-state index in [0.29, 0.717) is 18.2 Å². The lowest BCUT2D eigenvalue weighted by atomic mass is 10.0. The van der Waals surface area contributed by atoms with Gasteiger partial charge in [-0.3, -0.25) is 4.68 Å². The molecule has 0 aliphatic heterocycles. The Morgan fingerprint density at radius 1 is 1.38 bits per heavy atom. The number of nitrogens with zero attached hydrogens (tertiary/aromatic N) is 2. The number of ether oxygens (including phenoxy) is 1. The van der Waals surface area contributed by atoms with E-state index in [4.69, 9.17) is 27.9 Å². The van der Waals surface area contributed by atoms with Gasteiger partial charge in [0.15, 0.2) is 0 Å². The predicted molar refractivity (Wildman–Crippen MR) is 86.2 cm³/mol. The molecule has 0 amide bonds. The summed E-state index contributed by atoms with van der Waals surface area (Å²) in [6.07, 6.45) is 1.65. The third kappa shape index (κ3) is 3.40. The molecule has 0 radical (unpaired) electrons. The maximum atomic E-state index is 6.46. The van der Waals surface area contributed by atoms with Gasteiger partial charge in [0.25, 0.3) is 0 Å². The Morgan fingerprint density at radius 2 is 2.14 bits per heavy atom. The van der Waals surface area contributed by atoms with Crippen molar-refractivity contribution in [1.29, 1.82) is 0 Å². The average molecular weight is 328 g/mol. The van der Waals surface area contributed by atoms with Crippen molar-refractivity contribution in [3.63, 3.8) is 0 Å². The van der Waals surface area contributed by atoms with Crippen molar-refractivity contribution in [3.8, 4) is 0 Å². The second-order valence-corrected chi connectivity index (χ2v) is 5.58. The fourth-order valence-corrected chi connectivity index (χ4v) is 2.83. The van der Waals surface area contributed by atoms with Gasteiger partial charge in [-0.05, 0) is 25.1 Å². The predicted octanol–water partition coefficient (Wildman–Crippen LogP) is 3.45. The van der Waals surface area contributed by atoms with E-state index >= 15 is 0 Å². The highest BCUT2D eigenvalue weighted by Crippen LogP contribution is 2.33. The zero-order valence-corrected chi connectivity index (χ0v) is 13.9. The van der Waals surface area contributed by atoms with Gasteiger partial charge in [-0.25, -0.2) is 0 Å². The first-order valence-corrected chi connectivity index (χ1v) is 7.48. The largest absolute Gasteiger partial charge is 0.383 e. The van der Waals surface area contributed by atoms with Crippen LogP contribution in [0.1, 0.15) is 22.9 Å². The van der Waals surface area contributed by atoms with Crippen LogP contribution < -0.4 is 5.32 Å². The quantitative estimate of drug-likeness (QED) is 0.883. The molecular weight excluding hydrogens is 309 g/mol. The molecule has 1 aromatic heterocycles. The Bertz CT molecular complexity index is 613. The summed E-state index contributed by atoms with van der Waals surface area (Å²) in [7, 11) is 3.55. The lowest BCUT2D eigenvalue weighted by Crippen LogP contribution is -2.23. The summed E-state index contributed by atoms with van der Waals surface area (Å²) in [6, 6.07) is 5.86. The maximum absolute atomic E-state index is 6.46. The van der Waals surface area contributed by atoms with E-state index in [2.05, 4.69) is 10.4 Å². The van der Waals surface area contributed by atoms with E-state index < -0.39 is 0 Å². The second kappa shape index (κ2) is 7.27. The molecule has 1 atom stereocenters. The molecule has 1 aromatic carbocycles. The Balaban J connectivity index is 2.46. The standard InChI is InChI=1S/C15H19Cl2N3O/c1-10-5-4-6-11(13(10)17)14(18-2)15-12(16)9-19-20(15)7-8-21-3/h4-6,9,14,18H,7-8H2,1-3H3. The van der Waals surface area contributed by atoms with Crippen LogP contribution in [0, 0.1) is 6.92 Å². The Labute approximate surface area is 135 Å². The molecule has 1 unspecified atom stereocenters. The summed E-state index contributed by atoms with van der Waals surface area (Å²) in [5.74, 6) is 0. The fraction of sp³-hybridized carbons (Fsp3) is 0.400. The van der Waals surface area contributed by atoms with E-state index in [1.165, 1.54) is 0 Å². The van der Waals surface area contributed by atoms with Gasteiger partial charge in [0.2, 0.25) is 0 Å². The van der Waals surface area contributed by atoms with Gasteiger partial charge in [-0.15, -0.1) is 0 Å². The third-order valence-electron chi connectivity index (χ3n) is 3.44. The number of halogens is 2. The molecule has 1 heterocycles. The van der Waals surface area contributed by atoms with Crippen LogP contribution in [-0.4, -0.2) is 30.5 Å². The van der Waals surface area contributed by atoms with E-state index in [1.54, 1.807) is 13.3 Å². The summed E-state index contributed by atoms with van der Waals surface area (Å²) in [5.41, 5.74) is 2.91. The molecule has 2 rings (SSSR count). The Morgan fingerprint density at radius 3 is 2.81 bits per heavy atom. The van der Waals surface area contributed by atoms with Crippen LogP contribution in [0.15, 0.2) is 24.4 Å². The van der Waals surface area contributed by atoms with E-state index in [1.807, 2.05) is 36.9 Å². The molecular formula is C15H19Cl2N3O. The zero-order chi connectivity index (χ0) is 15.4. The first-order chi connectivity index (χ1) is 10.1. The number of aryl methyl sites for hydroxylation is 1. The normalized spacial score (nSPS) is 12.6. The van der Waals surface area contributed by atoms with Crippen molar-refractivity contribution in [1.82, 2.24) is 15.1 Å². The highest BCUT2D eigenvalue weighted by molar-refractivity contribution is 6.32. The van der Waals surface area contributed by atoms with Crippen LogP contribution in [0.2, 0.25) is 10.0 Å². The number of benzene rings is 1. The van der Waals surface area contributed by atoms with Gasteiger partial charge < -0.3 is 10.1 Å². The van der Waals surface area contributed by atoms with Crippen molar-refractivity contribution in [2.75, 3.05) is 20.8 Å². The molecule has 0 aliphatic carbocycles. The number of nitrogens with one attached hydrogen (secondary N) is 1. The zero-order valence-electron chi connectivity index (χ0n) is 12.4. The smallest absolute Gasteiger partial charge is 0.0837 e. The molecule has 2 aromatic rings. The Kier molecular flexibility index (Phi) is 5.65. The first-order valence-electron chi connectivity index (χ1n) is 6.72. The van der Waals surface area contributed by atoms with Crippen molar-refractivity contribution >= 4 is 23.2 Å². The van der Waals surface area contributed by atoms with Crippen LogP contribution in [0.4, 0.5) is 0 Å². The van der Waals surface area contributed by atoms with Crippen LogP contribution in [0.3, 0.4) is 0 Å². The Hall–Kier alpha value is -1.07. The molecule has 1 N–H and O–H groups in total. The molecule has 6 heteroatoms. The first kappa shape index (κ1) is 16.3. The van der Waals surface area contributed by atoms with Gasteiger partial charge in [0, 0.05) is 12.1 Å². The van der Waals surface area contributed by atoms with Crippen molar-refractivity contribution in [2.24, 2.45) is 0 Å². The average Bonchev–Trinajstić information content (AvgIpc) is 2.83. The van der Waals surface area contributed by atoms with E-state index in [-0.39, 0.29) is 6.04 Å². The van der Waals surface area contributed by atoms with Crippen molar-refractivity contribution < 1.29 is 4.74 Å². The molecule has 114 valence electrons. The molecule has 4 nitrogen and oxygen atoms in total. The van der Waals surface area contributed by atoms with Crippen LogP contribution in [0.5, 0.6) is 0 Å². The van der Waals surface area contributed by atoms with Crippen LogP contribution in [-0.2, 0) is 11.3 Å². The monoisotopic (exact) mass is 327 g/mol. The summed E-state index contributed by atoms with van der Waals surface area (Å²) in [6.45, 7) is 3.20. The van der Waals surface area contributed by atoms with Crippen molar-refractivity contribution in [2.45, 2.75) is 19.5 Å². The topological polar surface area (TPSA) is 39.1 Å². The molecule has 0 fully saturated rings. The molecule has 0 spiro atoms. The van der Waals surface area contributed by atoms with Crippen molar-refractivity contribution in [3.05, 3.63) is 51.3 Å². The maximum Gasteiger partial charge on any atom is 0.0837 e. The number of methoxy groups -OCH3 is 1. The summed E-state index contributed by atoms with van der Waals surface area (Å²) >= 11 is 12.8. The number of rotatable bonds is 6. The minimum absolute atomic E-state index is 0.121. The van der Waals surface area contributed by atoms with Gasteiger partial charge in [0.1, 0.15) is 0 Å². The number of aromatic nitrogens is 2.